The molecule has 1 aromatic heterocycles. The Morgan fingerprint density at radius 2 is 2.16 bits per heavy atom. The second-order valence-electron chi connectivity index (χ2n) is 4.81. The van der Waals surface area contributed by atoms with E-state index in [-0.39, 0.29) is 0 Å². The van der Waals surface area contributed by atoms with Crippen LogP contribution in [-0.4, -0.2) is 39.5 Å². The molecule has 0 radical (unpaired) electrons. The molecule has 1 atom stereocenters. The van der Waals surface area contributed by atoms with E-state index in [0.29, 0.717) is 27.8 Å². The van der Waals surface area contributed by atoms with Gasteiger partial charge in [0.15, 0.2) is 5.58 Å². The lowest BCUT2D eigenvalue weighted by molar-refractivity contribution is 0.359. The molecule has 0 aliphatic carbocycles. The van der Waals surface area contributed by atoms with Gasteiger partial charge in [0.25, 0.3) is 5.22 Å². The molecule has 2 heterocycles. The first-order chi connectivity index (χ1) is 9.22. The number of anilines is 1. The Bertz CT molecular complexity index is 605. The molecule has 1 aliphatic heterocycles. The number of likely N-dealkylation sites (tertiary alicyclic amines) is 1. The van der Waals surface area contributed by atoms with E-state index in [2.05, 4.69) is 9.88 Å². The minimum atomic E-state index is -1.18. The predicted octanol–water partition coefficient (Wildman–Crippen LogP) is 1.61. The molecule has 0 amide bonds. The first kappa shape index (κ1) is 12.6. The van der Waals surface area contributed by atoms with E-state index in [4.69, 9.17) is 10.2 Å². The largest absolute Gasteiger partial charge is 0.430 e. The molecule has 1 fully saturated rings. The highest BCUT2D eigenvalue weighted by atomic mass is 32.2. The van der Waals surface area contributed by atoms with Crippen LogP contribution in [0.1, 0.15) is 12.8 Å². The summed E-state index contributed by atoms with van der Waals surface area (Å²) in [5.74, 6) is 0.572. The van der Waals surface area contributed by atoms with Crippen LogP contribution in [0, 0.1) is 0 Å². The zero-order chi connectivity index (χ0) is 13.2. The maximum absolute atomic E-state index is 12.2. The lowest BCUT2D eigenvalue weighted by Gasteiger charge is -2.12. The molecule has 1 saturated heterocycles. The van der Waals surface area contributed by atoms with Crippen molar-refractivity contribution in [1.29, 1.82) is 0 Å². The van der Waals surface area contributed by atoms with E-state index < -0.39 is 10.8 Å². The summed E-state index contributed by atoms with van der Waals surface area (Å²) in [6.45, 7) is 3.07. The molecule has 102 valence electrons. The number of nitrogens with zero attached hydrogens (tertiary/aromatic N) is 2. The highest BCUT2D eigenvalue weighted by Crippen LogP contribution is 2.20. The third-order valence-corrected chi connectivity index (χ3v) is 4.50. The summed E-state index contributed by atoms with van der Waals surface area (Å²) < 4.78 is 17.7. The number of aromatic nitrogens is 1. The summed E-state index contributed by atoms with van der Waals surface area (Å²) in [7, 11) is -1.18. The van der Waals surface area contributed by atoms with E-state index >= 15 is 0 Å². The highest BCUT2D eigenvalue weighted by Gasteiger charge is 2.16. The number of benzene rings is 1. The molecule has 1 aliphatic rings. The summed E-state index contributed by atoms with van der Waals surface area (Å²) >= 11 is 0. The lowest BCUT2D eigenvalue weighted by Crippen LogP contribution is -2.24. The minimum absolute atomic E-state index is 0.305. The first-order valence-electron chi connectivity index (χ1n) is 6.49. The normalized spacial score (nSPS) is 18.1. The van der Waals surface area contributed by atoms with Gasteiger partial charge >= 0.3 is 0 Å². The van der Waals surface area contributed by atoms with Gasteiger partial charge in [-0.05, 0) is 44.1 Å². The van der Waals surface area contributed by atoms with Gasteiger partial charge in [0.1, 0.15) is 16.3 Å². The summed E-state index contributed by atoms with van der Waals surface area (Å²) in [4.78, 5) is 6.59. The number of hydrogen-bond donors (Lipinski definition) is 1. The lowest BCUT2D eigenvalue weighted by atomic mass is 10.3. The van der Waals surface area contributed by atoms with Crippen LogP contribution in [-0.2, 0) is 10.8 Å². The molecule has 0 bridgehead atoms. The molecule has 1 unspecified atom stereocenters. The summed E-state index contributed by atoms with van der Waals surface area (Å²) in [5.41, 5.74) is 7.63. The number of nitrogens with two attached hydrogens (primary N) is 1. The average Bonchev–Trinajstić information content (AvgIpc) is 3.04. The maximum atomic E-state index is 12.2. The Labute approximate surface area is 114 Å². The molecule has 2 N–H and O–H groups in total. The van der Waals surface area contributed by atoms with Crippen molar-refractivity contribution in [3.63, 3.8) is 0 Å². The quantitative estimate of drug-likeness (QED) is 0.861. The second-order valence-corrected chi connectivity index (χ2v) is 6.25. The van der Waals surface area contributed by atoms with Gasteiger partial charge < -0.3 is 15.1 Å². The van der Waals surface area contributed by atoms with Crippen LogP contribution in [0.5, 0.6) is 0 Å². The van der Waals surface area contributed by atoms with E-state index in [0.717, 1.165) is 19.6 Å². The van der Waals surface area contributed by atoms with Gasteiger partial charge in [-0.3, -0.25) is 0 Å². The van der Waals surface area contributed by atoms with Crippen LogP contribution >= 0.6 is 0 Å². The number of fused-ring (bicyclic) bond motifs is 1. The van der Waals surface area contributed by atoms with E-state index in [1.54, 1.807) is 18.2 Å². The van der Waals surface area contributed by atoms with Gasteiger partial charge in [0, 0.05) is 18.0 Å². The number of rotatable bonds is 4. The molecular weight excluding hydrogens is 262 g/mol. The van der Waals surface area contributed by atoms with E-state index in [9.17, 15) is 4.21 Å². The number of hydrogen-bond acceptors (Lipinski definition) is 5. The predicted molar refractivity (Wildman–Crippen MR) is 75.4 cm³/mol. The van der Waals surface area contributed by atoms with Gasteiger partial charge in [-0.25, -0.2) is 9.19 Å². The molecule has 2 aromatic rings. The zero-order valence-corrected chi connectivity index (χ0v) is 11.5. The summed E-state index contributed by atoms with van der Waals surface area (Å²) in [6, 6.07) is 5.25. The van der Waals surface area contributed by atoms with E-state index in [1.807, 2.05) is 0 Å². The van der Waals surface area contributed by atoms with Gasteiger partial charge in [0.2, 0.25) is 0 Å². The fourth-order valence-electron chi connectivity index (χ4n) is 2.33. The number of oxazole rings is 1. The minimum Gasteiger partial charge on any atom is -0.430 e. The molecule has 3 rings (SSSR count). The zero-order valence-electron chi connectivity index (χ0n) is 10.7. The Kier molecular flexibility index (Phi) is 3.52. The molecular formula is C13H17N3O2S. The molecule has 0 saturated carbocycles. The Hall–Kier alpha value is -1.40. The van der Waals surface area contributed by atoms with Crippen LogP contribution in [0.2, 0.25) is 0 Å². The monoisotopic (exact) mass is 279 g/mol. The third kappa shape index (κ3) is 2.79. The van der Waals surface area contributed by atoms with Crippen molar-refractivity contribution >= 4 is 27.6 Å². The van der Waals surface area contributed by atoms with Crippen molar-refractivity contribution in [2.45, 2.75) is 18.1 Å². The third-order valence-electron chi connectivity index (χ3n) is 3.38. The van der Waals surface area contributed by atoms with Crippen molar-refractivity contribution in [3.05, 3.63) is 18.2 Å². The SMILES string of the molecule is Nc1ccc2oc(S(=O)CCN3CCCC3)nc2c1. The van der Waals surface area contributed by atoms with Crippen molar-refractivity contribution in [1.82, 2.24) is 9.88 Å². The average molecular weight is 279 g/mol. The van der Waals surface area contributed by atoms with Gasteiger partial charge in [-0.2, -0.15) is 0 Å². The smallest absolute Gasteiger partial charge is 0.287 e. The highest BCUT2D eigenvalue weighted by molar-refractivity contribution is 7.84. The van der Waals surface area contributed by atoms with Gasteiger partial charge in [-0.15, -0.1) is 0 Å². The Morgan fingerprint density at radius 1 is 1.37 bits per heavy atom. The molecule has 0 spiro atoms. The van der Waals surface area contributed by atoms with Crippen LogP contribution in [0.25, 0.3) is 11.1 Å². The molecule has 5 nitrogen and oxygen atoms in total. The fraction of sp³-hybridized carbons (Fsp3) is 0.462. The van der Waals surface area contributed by atoms with Crippen LogP contribution < -0.4 is 5.73 Å². The van der Waals surface area contributed by atoms with Crippen molar-refractivity contribution < 1.29 is 8.63 Å². The number of nitrogen functional groups attached to an aromatic ring is 1. The molecule has 6 heteroatoms. The van der Waals surface area contributed by atoms with E-state index in [1.165, 1.54) is 12.8 Å². The summed E-state index contributed by atoms with van der Waals surface area (Å²) in [6.07, 6.45) is 2.49. The Morgan fingerprint density at radius 3 is 2.95 bits per heavy atom. The second kappa shape index (κ2) is 5.30. The molecule has 1 aromatic carbocycles. The van der Waals surface area contributed by atoms with Crippen molar-refractivity contribution in [3.8, 4) is 0 Å². The molecule has 19 heavy (non-hydrogen) atoms. The van der Waals surface area contributed by atoms with Gasteiger partial charge in [0.05, 0.1) is 0 Å². The standard InChI is InChI=1S/C13H17N3O2S/c14-10-3-4-12-11(9-10)15-13(18-12)19(17)8-7-16-5-1-2-6-16/h3-4,9H,1-2,5-8,14H2. The van der Waals surface area contributed by atoms with Crippen molar-refractivity contribution in [2.75, 3.05) is 31.1 Å². The van der Waals surface area contributed by atoms with Crippen LogP contribution in [0.3, 0.4) is 0 Å². The fourth-order valence-corrected chi connectivity index (χ4v) is 3.31. The summed E-state index contributed by atoms with van der Waals surface area (Å²) in [5, 5.41) is 0.305. The maximum Gasteiger partial charge on any atom is 0.287 e. The van der Waals surface area contributed by atoms with Gasteiger partial charge in [-0.1, -0.05) is 0 Å². The van der Waals surface area contributed by atoms with Crippen molar-refractivity contribution in [2.24, 2.45) is 0 Å². The first-order valence-corrected chi connectivity index (χ1v) is 7.81. The topological polar surface area (TPSA) is 72.4 Å². The van der Waals surface area contributed by atoms with Crippen LogP contribution in [0.4, 0.5) is 5.69 Å². The van der Waals surface area contributed by atoms with Crippen LogP contribution in [0.15, 0.2) is 27.8 Å². The Balaban J connectivity index is 1.70.